The number of carbonyl (C=O) groups is 1. The Balaban J connectivity index is 0.00000242. The summed E-state index contributed by atoms with van der Waals surface area (Å²) < 4.78 is 10.4. The van der Waals surface area contributed by atoms with Crippen molar-refractivity contribution in [2.75, 3.05) is 14.2 Å². The van der Waals surface area contributed by atoms with E-state index in [1.807, 2.05) is 24.3 Å². The first kappa shape index (κ1) is 17.8. The molecule has 118 valence electrons. The lowest BCUT2D eigenvalue weighted by molar-refractivity contribution is -0.120. The van der Waals surface area contributed by atoms with Gasteiger partial charge in [0.2, 0.25) is 5.91 Å². The van der Waals surface area contributed by atoms with Gasteiger partial charge in [0, 0.05) is 18.9 Å². The second-order valence-corrected chi connectivity index (χ2v) is 4.50. The lowest BCUT2D eigenvalue weighted by Gasteiger charge is -2.10. The third-order valence-electron chi connectivity index (χ3n) is 3.05. The number of nitrogens with one attached hydrogen (secondary N) is 1. The van der Waals surface area contributed by atoms with Crippen LogP contribution in [-0.4, -0.2) is 25.1 Å². The Bertz CT molecular complexity index is 606. The van der Waals surface area contributed by atoms with E-state index in [1.165, 1.54) is 0 Å². The van der Waals surface area contributed by atoms with Crippen molar-refractivity contribution in [2.45, 2.75) is 13.0 Å². The lowest BCUT2D eigenvalue weighted by atomic mass is 10.1. The Morgan fingerprint density at radius 2 is 1.73 bits per heavy atom. The van der Waals surface area contributed by atoms with Crippen molar-refractivity contribution in [2.24, 2.45) is 0 Å². The van der Waals surface area contributed by atoms with Crippen LogP contribution in [-0.2, 0) is 17.8 Å². The zero-order valence-electron chi connectivity index (χ0n) is 12.5. The second-order valence-electron chi connectivity index (χ2n) is 4.50. The number of benzene rings is 1. The summed E-state index contributed by atoms with van der Waals surface area (Å²) in [6.07, 6.45) is 3.71. The first-order valence-corrected chi connectivity index (χ1v) is 6.59. The first-order chi connectivity index (χ1) is 10.2. The average molecular weight is 323 g/mol. The van der Waals surface area contributed by atoms with Crippen molar-refractivity contribution in [3.63, 3.8) is 0 Å². The Morgan fingerprint density at radius 3 is 2.36 bits per heavy atom. The van der Waals surface area contributed by atoms with Gasteiger partial charge in [-0.1, -0.05) is 6.07 Å². The van der Waals surface area contributed by atoms with Gasteiger partial charge in [0.1, 0.15) is 0 Å². The predicted octanol–water partition coefficient (Wildman–Crippen LogP) is 2.38. The first-order valence-electron chi connectivity index (χ1n) is 6.59. The lowest BCUT2D eigenvalue weighted by Crippen LogP contribution is -2.24. The number of nitrogens with zero attached hydrogens (tertiary/aromatic N) is 1. The van der Waals surface area contributed by atoms with Crippen LogP contribution in [0.2, 0.25) is 0 Å². The smallest absolute Gasteiger partial charge is 0.224 e. The van der Waals surface area contributed by atoms with E-state index < -0.39 is 0 Å². The molecule has 0 atom stereocenters. The molecule has 2 aromatic rings. The highest BCUT2D eigenvalue weighted by atomic mass is 35.5. The van der Waals surface area contributed by atoms with E-state index in [-0.39, 0.29) is 18.3 Å². The summed E-state index contributed by atoms with van der Waals surface area (Å²) in [4.78, 5) is 15.9. The fraction of sp³-hybridized carbons (Fsp3) is 0.250. The molecule has 6 heteroatoms. The quantitative estimate of drug-likeness (QED) is 0.887. The molecule has 1 N–H and O–H groups in total. The maximum atomic E-state index is 11.9. The predicted molar refractivity (Wildman–Crippen MR) is 86.6 cm³/mol. The molecule has 0 spiro atoms. The van der Waals surface area contributed by atoms with Gasteiger partial charge in [0.15, 0.2) is 11.5 Å². The molecule has 1 heterocycles. The van der Waals surface area contributed by atoms with Crippen molar-refractivity contribution in [3.8, 4) is 11.5 Å². The summed E-state index contributed by atoms with van der Waals surface area (Å²) in [5.41, 5.74) is 1.89. The molecular formula is C16H19ClN2O3. The Morgan fingerprint density at radius 1 is 1.05 bits per heavy atom. The summed E-state index contributed by atoms with van der Waals surface area (Å²) >= 11 is 0. The van der Waals surface area contributed by atoms with E-state index in [2.05, 4.69) is 10.3 Å². The summed E-state index contributed by atoms with van der Waals surface area (Å²) in [6, 6.07) is 9.20. The van der Waals surface area contributed by atoms with E-state index in [0.717, 1.165) is 11.1 Å². The number of amides is 1. The zero-order valence-corrected chi connectivity index (χ0v) is 13.4. The second kappa shape index (κ2) is 8.89. The largest absolute Gasteiger partial charge is 0.493 e. The molecule has 0 saturated carbocycles. The van der Waals surface area contributed by atoms with Gasteiger partial charge in [-0.3, -0.25) is 9.78 Å². The van der Waals surface area contributed by atoms with Gasteiger partial charge in [-0.05, 0) is 35.4 Å². The third kappa shape index (κ3) is 4.93. The van der Waals surface area contributed by atoms with E-state index in [1.54, 1.807) is 32.7 Å². The molecule has 5 nitrogen and oxygen atoms in total. The van der Waals surface area contributed by atoms with Crippen LogP contribution in [0.5, 0.6) is 11.5 Å². The molecule has 0 bridgehead atoms. The number of halogens is 1. The zero-order chi connectivity index (χ0) is 15.1. The normalized spacial score (nSPS) is 9.55. The number of aromatic nitrogens is 1. The molecule has 0 aliphatic rings. The number of methoxy groups -OCH3 is 2. The summed E-state index contributed by atoms with van der Waals surface area (Å²) in [5.74, 6) is 1.23. The van der Waals surface area contributed by atoms with Crippen LogP contribution in [0, 0.1) is 0 Å². The van der Waals surface area contributed by atoms with E-state index in [0.29, 0.717) is 24.5 Å². The van der Waals surface area contributed by atoms with Crippen LogP contribution in [0.4, 0.5) is 0 Å². The standard InChI is InChI=1S/C16H18N2O3.ClH/c1-20-14-4-3-13(9-15(14)21-2)10-16(19)18-11-12-5-7-17-8-6-12;/h3-9H,10-11H2,1-2H3,(H,18,19);1H. The topological polar surface area (TPSA) is 60.5 Å². The molecule has 0 radical (unpaired) electrons. The minimum atomic E-state index is -0.0426. The van der Waals surface area contributed by atoms with Gasteiger partial charge in [0.05, 0.1) is 20.6 Å². The van der Waals surface area contributed by atoms with Gasteiger partial charge < -0.3 is 14.8 Å². The van der Waals surface area contributed by atoms with Crippen LogP contribution < -0.4 is 14.8 Å². The van der Waals surface area contributed by atoms with E-state index in [4.69, 9.17) is 9.47 Å². The molecule has 1 aromatic heterocycles. The average Bonchev–Trinajstić information content (AvgIpc) is 2.53. The van der Waals surface area contributed by atoms with Gasteiger partial charge in [-0.15, -0.1) is 12.4 Å². The Kier molecular flexibility index (Phi) is 7.19. The molecule has 1 amide bonds. The number of pyridine rings is 1. The Hall–Kier alpha value is -2.27. The summed E-state index contributed by atoms with van der Waals surface area (Å²) in [7, 11) is 3.16. The van der Waals surface area contributed by atoms with Gasteiger partial charge >= 0.3 is 0 Å². The maximum absolute atomic E-state index is 11.9. The number of ether oxygens (including phenoxy) is 2. The number of carbonyl (C=O) groups excluding carboxylic acids is 1. The fourth-order valence-electron chi connectivity index (χ4n) is 1.94. The van der Waals surface area contributed by atoms with Crippen LogP contribution in [0.1, 0.15) is 11.1 Å². The van der Waals surface area contributed by atoms with Crippen molar-refractivity contribution in [1.82, 2.24) is 10.3 Å². The van der Waals surface area contributed by atoms with Gasteiger partial charge in [-0.25, -0.2) is 0 Å². The van der Waals surface area contributed by atoms with Gasteiger partial charge in [0.25, 0.3) is 0 Å². The van der Waals surface area contributed by atoms with Crippen LogP contribution >= 0.6 is 12.4 Å². The van der Waals surface area contributed by atoms with Crippen molar-refractivity contribution in [1.29, 1.82) is 0 Å². The fourth-order valence-corrected chi connectivity index (χ4v) is 1.94. The summed E-state index contributed by atoms with van der Waals surface area (Å²) in [6.45, 7) is 0.495. The molecule has 2 rings (SSSR count). The molecule has 22 heavy (non-hydrogen) atoms. The highest BCUT2D eigenvalue weighted by molar-refractivity contribution is 5.85. The highest BCUT2D eigenvalue weighted by Gasteiger charge is 2.08. The third-order valence-corrected chi connectivity index (χ3v) is 3.05. The minimum absolute atomic E-state index is 0. The molecule has 0 fully saturated rings. The molecule has 1 aromatic carbocycles. The highest BCUT2D eigenvalue weighted by Crippen LogP contribution is 2.27. The molecular weight excluding hydrogens is 304 g/mol. The van der Waals surface area contributed by atoms with E-state index in [9.17, 15) is 4.79 Å². The maximum Gasteiger partial charge on any atom is 0.224 e. The number of rotatable bonds is 6. The van der Waals surface area contributed by atoms with Crippen LogP contribution in [0.15, 0.2) is 42.7 Å². The van der Waals surface area contributed by atoms with Crippen molar-refractivity contribution < 1.29 is 14.3 Å². The minimum Gasteiger partial charge on any atom is -0.493 e. The summed E-state index contributed by atoms with van der Waals surface area (Å²) in [5, 5.41) is 2.87. The number of hydrogen-bond donors (Lipinski definition) is 1. The van der Waals surface area contributed by atoms with Crippen molar-refractivity contribution in [3.05, 3.63) is 53.9 Å². The molecule has 0 aliphatic heterocycles. The van der Waals surface area contributed by atoms with Gasteiger partial charge in [-0.2, -0.15) is 0 Å². The molecule has 0 saturated heterocycles. The molecule has 0 unspecified atom stereocenters. The number of hydrogen-bond acceptors (Lipinski definition) is 4. The van der Waals surface area contributed by atoms with E-state index >= 15 is 0 Å². The van der Waals surface area contributed by atoms with Crippen molar-refractivity contribution >= 4 is 18.3 Å². The van der Waals surface area contributed by atoms with Crippen LogP contribution in [0.3, 0.4) is 0 Å². The SMILES string of the molecule is COc1ccc(CC(=O)NCc2ccncc2)cc1OC.Cl. The monoisotopic (exact) mass is 322 g/mol. The Labute approximate surface area is 136 Å². The van der Waals surface area contributed by atoms with Crippen LogP contribution in [0.25, 0.3) is 0 Å². The molecule has 0 aliphatic carbocycles.